The Bertz CT molecular complexity index is 1030. The van der Waals surface area contributed by atoms with E-state index in [1.54, 1.807) is 0 Å². The quantitative estimate of drug-likeness (QED) is 0.151. The molecule has 0 aliphatic carbocycles. The molecule has 2 rings (SSSR count). The first-order chi connectivity index (χ1) is 17.4. The number of hydrogen-bond acceptors (Lipinski definition) is 8. The SMILES string of the molecule is NC(=O)CCC(N)C(=O)NC(CC(=O)O)C(=O)NC(Cc1ccc(O)cc1)C(=O)N1CCCC1C(=O)O. The van der Waals surface area contributed by atoms with Gasteiger partial charge in [0.05, 0.1) is 12.5 Å². The molecule has 1 aliphatic rings. The van der Waals surface area contributed by atoms with Crippen molar-refractivity contribution in [1.82, 2.24) is 15.5 Å². The van der Waals surface area contributed by atoms with Gasteiger partial charge in [0.25, 0.3) is 0 Å². The van der Waals surface area contributed by atoms with Crippen LogP contribution in [-0.2, 0) is 35.2 Å². The first-order valence-electron chi connectivity index (χ1n) is 11.6. The summed E-state index contributed by atoms with van der Waals surface area (Å²) in [7, 11) is 0. The number of aromatic hydroxyl groups is 1. The predicted octanol–water partition coefficient (Wildman–Crippen LogP) is -1.95. The normalized spacial score (nSPS) is 17.3. The fourth-order valence-corrected chi connectivity index (χ4v) is 3.92. The van der Waals surface area contributed by atoms with E-state index < -0.39 is 66.2 Å². The van der Waals surface area contributed by atoms with Crippen molar-refractivity contribution in [2.75, 3.05) is 6.54 Å². The van der Waals surface area contributed by atoms with Gasteiger partial charge in [0.2, 0.25) is 23.6 Å². The molecule has 1 aliphatic heterocycles. The van der Waals surface area contributed by atoms with Gasteiger partial charge in [-0.15, -0.1) is 0 Å². The van der Waals surface area contributed by atoms with Gasteiger partial charge in [-0.05, 0) is 37.0 Å². The minimum absolute atomic E-state index is 0.0296. The van der Waals surface area contributed by atoms with Crippen molar-refractivity contribution in [2.45, 2.75) is 62.7 Å². The van der Waals surface area contributed by atoms with E-state index in [9.17, 15) is 44.1 Å². The van der Waals surface area contributed by atoms with Crippen molar-refractivity contribution >= 4 is 35.6 Å². The topological polar surface area (TPSA) is 242 Å². The number of hydrogen-bond donors (Lipinski definition) is 7. The Hall–Kier alpha value is -4.20. The number of nitrogens with zero attached hydrogens (tertiary/aromatic N) is 1. The van der Waals surface area contributed by atoms with Gasteiger partial charge in [0.1, 0.15) is 23.9 Å². The Labute approximate surface area is 212 Å². The lowest BCUT2D eigenvalue weighted by molar-refractivity contribution is -0.149. The number of phenolic OH excluding ortho intramolecular Hbond substituents is 1. The van der Waals surface area contributed by atoms with Crippen LogP contribution in [0.15, 0.2) is 24.3 Å². The maximum Gasteiger partial charge on any atom is 0.326 e. The second-order valence-electron chi connectivity index (χ2n) is 8.73. The van der Waals surface area contributed by atoms with Gasteiger partial charge in [-0.1, -0.05) is 12.1 Å². The van der Waals surface area contributed by atoms with Crippen LogP contribution in [0, 0.1) is 0 Å². The number of rotatable bonds is 13. The number of phenols is 1. The highest BCUT2D eigenvalue weighted by molar-refractivity contribution is 5.96. The number of benzene rings is 1. The summed E-state index contributed by atoms with van der Waals surface area (Å²) in [5.41, 5.74) is 11.3. The van der Waals surface area contributed by atoms with E-state index in [0.717, 1.165) is 4.90 Å². The van der Waals surface area contributed by atoms with Crippen LogP contribution in [-0.4, -0.2) is 86.5 Å². The van der Waals surface area contributed by atoms with Crippen molar-refractivity contribution in [2.24, 2.45) is 11.5 Å². The van der Waals surface area contributed by atoms with E-state index in [4.69, 9.17) is 11.5 Å². The van der Waals surface area contributed by atoms with Crippen LogP contribution in [0.4, 0.5) is 0 Å². The first-order valence-corrected chi connectivity index (χ1v) is 11.6. The Kier molecular flexibility index (Phi) is 10.4. The van der Waals surface area contributed by atoms with Crippen molar-refractivity contribution in [3.8, 4) is 5.75 Å². The summed E-state index contributed by atoms with van der Waals surface area (Å²) >= 11 is 0. The molecule has 0 bridgehead atoms. The molecule has 14 nitrogen and oxygen atoms in total. The van der Waals surface area contributed by atoms with Crippen molar-refractivity contribution in [3.63, 3.8) is 0 Å². The monoisotopic (exact) mass is 521 g/mol. The smallest absolute Gasteiger partial charge is 0.326 e. The Morgan fingerprint density at radius 3 is 2.19 bits per heavy atom. The van der Waals surface area contributed by atoms with Gasteiger partial charge in [0.15, 0.2) is 0 Å². The molecule has 1 heterocycles. The highest BCUT2D eigenvalue weighted by atomic mass is 16.4. The number of aliphatic carboxylic acids is 2. The summed E-state index contributed by atoms with van der Waals surface area (Å²) in [6.45, 7) is 0.155. The maximum atomic E-state index is 13.3. The van der Waals surface area contributed by atoms with E-state index in [1.807, 2.05) is 0 Å². The average Bonchev–Trinajstić information content (AvgIpc) is 3.32. The van der Waals surface area contributed by atoms with Gasteiger partial charge < -0.3 is 42.3 Å². The summed E-state index contributed by atoms with van der Waals surface area (Å²) in [5, 5.41) is 32.9. The number of likely N-dealkylation sites (tertiary alicyclic amines) is 1. The molecule has 0 spiro atoms. The zero-order chi connectivity index (χ0) is 27.7. The van der Waals surface area contributed by atoms with Crippen LogP contribution in [0.1, 0.15) is 37.7 Å². The summed E-state index contributed by atoms with van der Waals surface area (Å²) in [6.07, 6.45) is -0.573. The molecule has 0 aromatic heterocycles. The van der Waals surface area contributed by atoms with E-state index >= 15 is 0 Å². The Balaban J connectivity index is 2.25. The van der Waals surface area contributed by atoms with Crippen LogP contribution >= 0.6 is 0 Å². The van der Waals surface area contributed by atoms with Crippen LogP contribution in [0.5, 0.6) is 5.75 Å². The summed E-state index contributed by atoms with van der Waals surface area (Å²) in [5.74, 6) is -5.92. The predicted molar refractivity (Wildman–Crippen MR) is 127 cm³/mol. The molecular weight excluding hydrogens is 490 g/mol. The van der Waals surface area contributed by atoms with Gasteiger partial charge in [-0.2, -0.15) is 0 Å². The summed E-state index contributed by atoms with van der Waals surface area (Å²) in [4.78, 5) is 73.8. The third kappa shape index (κ3) is 8.75. The molecule has 4 unspecified atom stereocenters. The van der Waals surface area contributed by atoms with Crippen LogP contribution in [0.25, 0.3) is 0 Å². The fourth-order valence-electron chi connectivity index (χ4n) is 3.92. The van der Waals surface area contributed by atoms with Crippen molar-refractivity contribution in [1.29, 1.82) is 0 Å². The first kappa shape index (κ1) is 29.0. The number of carbonyl (C=O) groups is 6. The molecule has 202 valence electrons. The molecule has 9 N–H and O–H groups in total. The second kappa shape index (κ2) is 13.2. The average molecular weight is 522 g/mol. The molecule has 4 amide bonds. The molecular formula is C23H31N5O9. The fraction of sp³-hybridized carbons (Fsp3) is 0.478. The van der Waals surface area contributed by atoms with Crippen LogP contribution in [0.3, 0.4) is 0 Å². The van der Waals surface area contributed by atoms with E-state index in [1.165, 1.54) is 24.3 Å². The minimum atomic E-state index is -1.62. The number of primary amides is 1. The zero-order valence-electron chi connectivity index (χ0n) is 20.0. The molecule has 1 aromatic rings. The number of carboxylic acid groups (broad SMARTS) is 2. The standard InChI is InChI=1S/C23H31N5O9/c24-14(7-8-18(25)30)20(33)26-15(11-19(31)32)21(34)27-16(10-12-3-5-13(29)6-4-12)22(35)28-9-1-2-17(28)23(36)37/h3-6,14-17,29H,1-2,7-11,24H2,(H2,25,30)(H,26,33)(H,27,34)(H,31,32)(H,36,37). The molecule has 37 heavy (non-hydrogen) atoms. The molecule has 4 atom stereocenters. The third-order valence-electron chi connectivity index (χ3n) is 5.86. The molecule has 1 saturated heterocycles. The van der Waals surface area contributed by atoms with Gasteiger partial charge in [-0.25, -0.2) is 4.79 Å². The Morgan fingerprint density at radius 2 is 1.62 bits per heavy atom. The number of amides is 4. The maximum absolute atomic E-state index is 13.3. The summed E-state index contributed by atoms with van der Waals surface area (Å²) < 4.78 is 0. The number of carbonyl (C=O) groups excluding carboxylic acids is 4. The third-order valence-corrected chi connectivity index (χ3v) is 5.86. The van der Waals surface area contributed by atoms with Gasteiger partial charge in [-0.3, -0.25) is 24.0 Å². The lowest BCUT2D eigenvalue weighted by atomic mass is 10.0. The molecule has 0 radical (unpaired) electrons. The highest BCUT2D eigenvalue weighted by Crippen LogP contribution is 2.20. The van der Waals surface area contributed by atoms with Crippen LogP contribution in [0.2, 0.25) is 0 Å². The number of carboxylic acids is 2. The minimum Gasteiger partial charge on any atom is -0.508 e. The Morgan fingerprint density at radius 1 is 1.00 bits per heavy atom. The molecule has 0 saturated carbocycles. The van der Waals surface area contributed by atoms with E-state index in [-0.39, 0.29) is 38.0 Å². The lowest BCUT2D eigenvalue weighted by Gasteiger charge is -2.29. The number of nitrogens with two attached hydrogens (primary N) is 2. The van der Waals surface area contributed by atoms with Crippen molar-refractivity contribution < 1.29 is 44.1 Å². The summed E-state index contributed by atoms with van der Waals surface area (Å²) in [6, 6.07) is 0.521. The van der Waals surface area contributed by atoms with E-state index in [0.29, 0.717) is 12.0 Å². The zero-order valence-corrected chi connectivity index (χ0v) is 20.0. The molecule has 1 aromatic carbocycles. The van der Waals surface area contributed by atoms with Gasteiger partial charge >= 0.3 is 11.9 Å². The van der Waals surface area contributed by atoms with Crippen molar-refractivity contribution in [3.05, 3.63) is 29.8 Å². The van der Waals surface area contributed by atoms with Gasteiger partial charge in [0, 0.05) is 19.4 Å². The largest absolute Gasteiger partial charge is 0.508 e. The van der Waals surface area contributed by atoms with Crippen LogP contribution < -0.4 is 22.1 Å². The second-order valence-corrected chi connectivity index (χ2v) is 8.73. The van der Waals surface area contributed by atoms with E-state index in [2.05, 4.69) is 10.6 Å². The number of nitrogens with one attached hydrogen (secondary N) is 2. The highest BCUT2D eigenvalue weighted by Gasteiger charge is 2.38. The molecule has 14 heteroatoms. The lowest BCUT2D eigenvalue weighted by Crippen LogP contribution is -2.58. The molecule has 1 fully saturated rings.